The Hall–Kier alpha value is -2.69. The van der Waals surface area contributed by atoms with Crippen molar-refractivity contribution in [2.24, 2.45) is 5.92 Å². The van der Waals surface area contributed by atoms with Gasteiger partial charge >= 0.3 is 0 Å². The van der Waals surface area contributed by atoms with Gasteiger partial charge < -0.3 is 25.7 Å². The van der Waals surface area contributed by atoms with Crippen molar-refractivity contribution in [3.8, 4) is 11.5 Å². The van der Waals surface area contributed by atoms with Crippen molar-refractivity contribution in [2.45, 2.75) is 18.8 Å². The van der Waals surface area contributed by atoms with Crippen molar-refractivity contribution in [2.75, 3.05) is 13.2 Å². The van der Waals surface area contributed by atoms with E-state index in [1.165, 1.54) is 6.21 Å². The van der Waals surface area contributed by atoms with E-state index in [0.29, 0.717) is 19.6 Å². The molecule has 5 heteroatoms. The van der Waals surface area contributed by atoms with Gasteiger partial charge in [-0.15, -0.1) is 0 Å². The van der Waals surface area contributed by atoms with Crippen LogP contribution in [0.4, 0.5) is 0 Å². The average molecular weight is 326 g/mol. The fraction of sp³-hybridized carbons (Fsp3) is 0.316. The van der Waals surface area contributed by atoms with Crippen LogP contribution in [0.15, 0.2) is 48.4 Å². The standard InChI is InChI=1S/C19H22N2O3/c1-2-14-18(4-7-21-6-3-5-20)24-11-13-8-12-9-16(22)17(23)10-15(12)19(13)14/h2,4-5,7,9-10,13,19-23H,1,3,6,8,11H2/b7-4+,20-5?/t13?,19-/m0/s1. The van der Waals surface area contributed by atoms with Crippen LogP contribution < -0.4 is 5.32 Å². The Morgan fingerprint density at radius 1 is 1.33 bits per heavy atom. The number of phenols is 2. The second-order valence-corrected chi connectivity index (χ2v) is 6.10. The molecule has 0 amide bonds. The number of ether oxygens (including phenoxy) is 1. The number of hydrogen-bond acceptors (Lipinski definition) is 5. The SMILES string of the molecule is C=CC1=C(/C=C/NCCC=N)OCC2Cc3cc(O)c(O)cc3[C@H]12. The molecule has 1 aromatic rings. The van der Waals surface area contributed by atoms with E-state index in [9.17, 15) is 10.2 Å². The maximum absolute atomic E-state index is 9.86. The zero-order chi connectivity index (χ0) is 17.1. The largest absolute Gasteiger partial charge is 0.504 e. The van der Waals surface area contributed by atoms with Crippen LogP contribution in [0.1, 0.15) is 23.5 Å². The normalized spacial score (nSPS) is 22.0. The molecule has 0 aromatic heterocycles. The number of phenolic OH excluding ortho intramolecular Hbond substituents is 2. The van der Waals surface area contributed by atoms with Crippen LogP contribution >= 0.6 is 0 Å². The fourth-order valence-electron chi connectivity index (χ4n) is 3.51. The second-order valence-electron chi connectivity index (χ2n) is 6.10. The topological polar surface area (TPSA) is 85.6 Å². The van der Waals surface area contributed by atoms with Gasteiger partial charge in [-0.1, -0.05) is 12.7 Å². The summed E-state index contributed by atoms with van der Waals surface area (Å²) >= 11 is 0. The first-order valence-corrected chi connectivity index (χ1v) is 8.08. The molecule has 0 spiro atoms. The van der Waals surface area contributed by atoms with Crippen molar-refractivity contribution in [3.63, 3.8) is 0 Å². The first kappa shape index (κ1) is 16.2. The first-order chi connectivity index (χ1) is 11.7. The lowest BCUT2D eigenvalue weighted by Gasteiger charge is -2.29. The average Bonchev–Trinajstić information content (AvgIpc) is 2.92. The van der Waals surface area contributed by atoms with Crippen LogP contribution in [0.3, 0.4) is 0 Å². The Kier molecular flexibility index (Phi) is 4.60. The van der Waals surface area contributed by atoms with Gasteiger partial charge in [0.15, 0.2) is 11.5 Å². The molecule has 4 N–H and O–H groups in total. The van der Waals surface area contributed by atoms with E-state index >= 15 is 0 Å². The van der Waals surface area contributed by atoms with E-state index in [0.717, 1.165) is 28.9 Å². The van der Waals surface area contributed by atoms with Gasteiger partial charge in [0.1, 0.15) is 5.76 Å². The molecule has 126 valence electrons. The van der Waals surface area contributed by atoms with E-state index in [2.05, 4.69) is 11.9 Å². The van der Waals surface area contributed by atoms with Crippen molar-refractivity contribution in [1.29, 1.82) is 5.41 Å². The van der Waals surface area contributed by atoms with Crippen LogP contribution in [-0.4, -0.2) is 29.6 Å². The summed E-state index contributed by atoms with van der Waals surface area (Å²) in [6.45, 7) is 5.23. The van der Waals surface area contributed by atoms with E-state index in [1.54, 1.807) is 12.1 Å². The molecule has 0 saturated heterocycles. The highest BCUT2D eigenvalue weighted by molar-refractivity contribution is 5.55. The molecule has 1 unspecified atom stereocenters. The van der Waals surface area contributed by atoms with E-state index < -0.39 is 0 Å². The van der Waals surface area contributed by atoms with Crippen molar-refractivity contribution in [1.82, 2.24) is 5.32 Å². The van der Waals surface area contributed by atoms with Gasteiger partial charge in [0.25, 0.3) is 0 Å². The highest BCUT2D eigenvalue weighted by Crippen LogP contribution is 2.49. The lowest BCUT2D eigenvalue weighted by Crippen LogP contribution is -2.22. The predicted molar refractivity (Wildman–Crippen MR) is 93.4 cm³/mol. The Labute approximate surface area is 141 Å². The summed E-state index contributed by atoms with van der Waals surface area (Å²) in [4.78, 5) is 0. The fourth-order valence-corrected chi connectivity index (χ4v) is 3.51. The summed E-state index contributed by atoms with van der Waals surface area (Å²) in [5.74, 6) is 1.02. The Bertz CT molecular complexity index is 722. The third-order valence-corrected chi connectivity index (χ3v) is 4.60. The summed E-state index contributed by atoms with van der Waals surface area (Å²) in [6, 6.07) is 3.31. The lowest BCUT2D eigenvalue weighted by molar-refractivity contribution is 0.146. The third-order valence-electron chi connectivity index (χ3n) is 4.60. The summed E-state index contributed by atoms with van der Waals surface area (Å²) in [5, 5.41) is 29.7. The maximum Gasteiger partial charge on any atom is 0.157 e. The van der Waals surface area contributed by atoms with Crippen molar-refractivity contribution >= 4 is 6.21 Å². The molecule has 5 nitrogen and oxygen atoms in total. The molecule has 3 rings (SSSR count). The van der Waals surface area contributed by atoms with Crippen LogP contribution in [0, 0.1) is 11.3 Å². The van der Waals surface area contributed by atoms with Gasteiger partial charge in [-0.05, 0) is 48.4 Å². The second kappa shape index (κ2) is 6.83. The van der Waals surface area contributed by atoms with Gasteiger partial charge in [-0.2, -0.15) is 0 Å². The molecule has 1 aliphatic heterocycles. The van der Waals surface area contributed by atoms with Crippen molar-refractivity contribution < 1.29 is 14.9 Å². The van der Waals surface area contributed by atoms with Crippen LogP contribution in [-0.2, 0) is 11.2 Å². The minimum Gasteiger partial charge on any atom is -0.504 e. The van der Waals surface area contributed by atoms with Crippen LogP contribution in [0.5, 0.6) is 11.5 Å². The zero-order valence-electron chi connectivity index (χ0n) is 13.5. The molecule has 1 heterocycles. The monoisotopic (exact) mass is 326 g/mol. The zero-order valence-corrected chi connectivity index (χ0v) is 13.5. The summed E-state index contributed by atoms with van der Waals surface area (Å²) in [5.41, 5.74) is 3.09. The Morgan fingerprint density at radius 3 is 2.88 bits per heavy atom. The highest BCUT2D eigenvalue weighted by Gasteiger charge is 2.39. The summed E-state index contributed by atoms with van der Waals surface area (Å²) < 4.78 is 5.91. The molecule has 2 atom stereocenters. The van der Waals surface area contributed by atoms with Crippen LogP contribution in [0.2, 0.25) is 0 Å². The molecule has 0 radical (unpaired) electrons. The van der Waals surface area contributed by atoms with Gasteiger partial charge in [0.05, 0.1) is 6.61 Å². The molecule has 1 aliphatic carbocycles. The predicted octanol–water partition coefficient (Wildman–Crippen LogP) is 2.97. The Morgan fingerprint density at radius 2 is 2.12 bits per heavy atom. The number of rotatable bonds is 6. The number of aromatic hydroxyl groups is 2. The molecule has 0 bridgehead atoms. The van der Waals surface area contributed by atoms with Gasteiger partial charge in [0, 0.05) is 30.2 Å². The highest BCUT2D eigenvalue weighted by atomic mass is 16.5. The Balaban J connectivity index is 1.90. The summed E-state index contributed by atoms with van der Waals surface area (Å²) in [6.07, 6.45) is 8.39. The summed E-state index contributed by atoms with van der Waals surface area (Å²) in [7, 11) is 0. The first-order valence-electron chi connectivity index (χ1n) is 8.08. The van der Waals surface area contributed by atoms with E-state index in [4.69, 9.17) is 10.1 Å². The third kappa shape index (κ3) is 2.89. The molecular formula is C19H22N2O3. The molecule has 24 heavy (non-hydrogen) atoms. The minimum absolute atomic E-state index is 0.0760. The minimum atomic E-state index is -0.0882. The maximum atomic E-state index is 9.86. The molecule has 0 fully saturated rings. The molecule has 0 saturated carbocycles. The number of benzene rings is 1. The quantitative estimate of drug-likeness (QED) is 0.368. The smallest absolute Gasteiger partial charge is 0.157 e. The lowest BCUT2D eigenvalue weighted by atomic mass is 9.83. The van der Waals surface area contributed by atoms with Crippen molar-refractivity contribution in [3.05, 3.63) is 59.5 Å². The molecule has 1 aromatic carbocycles. The van der Waals surface area contributed by atoms with E-state index in [-0.39, 0.29) is 23.3 Å². The van der Waals surface area contributed by atoms with Crippen LogP contribution in [0.25, 0.3) is 0 Å². The van der Waals surface area contributed by atoms with Gasteiger partial charge in [-0.3, -0.25) is 0 Å². The number of nitrogens with one attached hydrogen (secondary N) is 2. The molecular weight excluding hydrogens is 304 g/mol. The number of allylic oxidation sites excluding steroid dienone is 3. The van der Waals surface area contributed by atoms with Gasteiger partial charge in [0.2, 0.25) is 0 Å². The molecule has 2 aliphatic rings. The van der Waals surface area contributed by atoms with Gasteiger partial charge in [-0.25, -0.2) is 0 Å². The van der Waals surface area contributed by atoms with E-state index in [1.807, 2.05) is 18.4 Å². The number of hydrogen-bond donors (Lipinski definition) is 4. The number of fused-ring (bicyclic) bond motifs is 3.